The number of fused-ring (bicyclic) bond motifs is 1. The Morgan fingerprint density at radius 2 is 2.37 bits per heavy atom. The van der Waals surface area contributed by atoms with Gasteiger partial charge in [-0.15, -0.1) is 0 Å². The van der Waals surface area contributed by atoms with Gasteiger partial charge in [0.15, 0.2) is 0 Å². The number of carbonyl (C=O) groups excluding carboxylic acids is 1. The molecule has 1 heterocycles. The Morgan fingerprint density at radius 1 is 1.63 bits per heavy atom. The summed E-state index contributed by atoms with van der Waals surface area (Å²) in [6.07, 6.45) is 1.05. The molecule has 0 aromatic heterocycles. The Labute approximate surface area is 121 Å². The van der Waals surface area contributed by atoms with Gasteiger partial charge in [0.25, 0.3) is 0 Å². The van der Waals surface area contributed by atoms with E-state index in [2.05, 4.69) is 21.2 Å². The molecule has 5 heteroatoms. The van der Waals surface area contributed by atoms with Gasteiger partial charge in [-0.3, -0.25) is 4.79 Å². The van der Waals surface area contributed by atoms with Crippen molar-refractivity contribution in [3.05, 3.63) is 17.7 Å². The SMILES string of the molecule is CCOc1cc2c(cc1NC(=O)C(C)Br)OC(C)C2. The second-order valence-electron chi connectivity index (χ2n) is 4.63. The molecule has 0 saturated heterocycles. The molecule has 2 rings (SSSR count). The van der Waals surface area contributed by atoms with Crippen molar-refractivity contribution in [2.45, 2.75) is 38.1 Å². The van der Waals surface area contributed by atoms with Crippen LogP contribution in [-0.4, -0.2) is 23.4 Å². The maximum Gasteiger partial charge on any atom is 0.237 e. The van der Waals surface area contributed by atoms with Crippen LogP contribution >= 0.6 is 15.9 Å². The van der Waals surface area contributed by atoms with E-state index in [-0.39, 0.29) is 16.8 Å². The Hall–Kier alpha value is -1.23. The highest BCUT2D eigenvalue weighted by atomic mass is 79.9. The van der Waals surface area contributed by atoms with Gasteiger partial charge in [-0.2, -0.15) is 0 Å². The predicted molar refractivity (Wildman–Crippen MR) is 78.4 cm³/mol. The van der Waals surface area contributed by atoms with Crippen LogP contribution in [0.15, 0.2) is 12.1 Å². The minimum Gasteiger partial charge on any atom is -0.492 e. The molecule has 1 aromatic rings. The Balaban J connectivity index is 2.30. The number of benzene rings is 1. The monoisotopic (exact) mass is 327 g/mol. The molecule has 1 amide bonds. The number of hydrogen-bond donors (Lipinski definition) is 1. The number of halogens is 1. The summed E-state index contributed by atoms with van der Waals surface area (Å²) in [5.41, 5.74) is 1.78. The summed E-state index contributed by atoms with van der Waals surface area (Å²) in [6, 6.07) is 3.80. The molecule has 0 bridgehead atoms. The van der Waals surface area contributed by atoms with Crippen LogP contribution in [0.2, 0.25) is 0 Å². The van der Waals surface area contributed by atoms with Crippen LogP contribution in [-0.2, 0) is 11.2 Å². The normalized spacial score (nSPS) is 18.4. The van der Waals surface area contributed by atoms with Crippen molar-refractivity contribution in [1.82, 2.24) is 0 Å². The van der Waals surface area contributed by atoms with E-state index in [1.165, 1.54) is 0 Å². The van der Waals surface area contributed by atoms with E-state index in [1.54, 1.807) is 6.92 Å². The van der Waals surface area contributed by atoms with Gasteiger partial charge in [0.1, 0.15) is 17.6 Å². The molecule has 19 heavy (non-hydrogen) atoms. The topological polar surface area (TPSA) is 47.6 Å². The van der Waals surface area contributed by atoms with Gasteiger partial charge < -0.3 is 14.8 Å². The molecule has 0 spiro atoms. The summed E-state index contributed by atoms with van der Waals surface area (Å²) < 4.78 is 11.3. The van der Waals surface area contributed by atoms with Crippen LogP contribution < -0.4 is 14.8 Å². The summed E-state index contributed by atoms with van der Waals surface area (Å²) in [4.78, 5) is 11.5. The van der Waals surface area contributed by atoms with Crippen molar-refractivity contribution in [2.75, 3.05) is 11.9 Å². The highest BCUT2D eigenvalue weighted by molar-refractivity contribution is 9.10. The van der Waals surface area contributed by atoms with E-state index >= 15 is 0 Å². The Bertz CT molecular complexity index is 488. The Kier molecular flexibility index (Phi) is 4.34. The van der Waals surface area contributed by atoms with Crippen LogP contribution in [0.25, 0.3) is 0 Å². The van der Waals surface area contributed by atoms with Crippen LogP contribution in [0.4, 0.5) is 5.69 Å². The lowest BCUT2D eigenvalue weighted by Crippen LogP contribution is -2.20. The molecule has 1 aliphatic heterocycles. The van der Waals surface area contributed by atoms with E-state index in [0.29, 0.717) is 18.0 Å². The van der Waals surface area contributed by atoms with Crippen LogP contribution in [0.3, 0.4) is 0 Å². The number of nitrogens with one attached hydrogen (secondary N) is 1. The first-order chi connectivity index (χ1) is 9.01. The maximum atomic E-state index is 11.8. The third kappa shape index (κ3) is 3.21. The first-order valence-electron chi connectivity index (χ1n) is 6.42. The number of amides is 1. The maximum absolute atomic E-state index is 11.8. The Morgan fingerprint density at radius 3 is 3.00 bits per heavy atom. The second-order valence-corrected chi connectivity index (χ2v) is 6.00. The smallest absolute Gasteiger partial charge is 0.237 e. The van der Waals surface area contributed by atoms with Gasteiger partial charge in [-0.1, -0.05) is 15.9 Å². The number of carbonyl (C=O) groups is 1. The fraction of sp³-hybridized carbons (Fsp3) is 0.500. The molecule has 2 unspecified atom stereocenters. The van der Waals surface area contributed by atoms with E-state index in [1.807, 2.05) is 26.0 Å². The van der Waals surface area contributed by atoms with Crippen molar-refractivity contribution in [2.24, 2.45) is 0 Å². The highest BCUT2D eigenvalue weighted by Gasteiger charge is 2.23. The first kappa shape index (κ1) is 14.2. The van der Waals surface area contributed by atoms with Crippen LogP contribution in [0.5, 0.6) is 11.5 Å². The lowest BCUT2D eigenvalue weighted by Gasteiger charge is -2.14. The fourth-order valence-corrected chi connectivity index (χ4v) is 2.16. The first-order valence-corrected chi connectivity index (χ1v) is 7.34. The molecule has 2 atom stereocenters. The summed E-state index contributed by atoms with van der Waals surface area (Å²) in [7, 11) is 0. The number of hydrogen-bond acceptors (Lipinski definition) is 3. The average molecular weight is 328 g/mol. The zero-order valence-electron chi connectivity index (χ0n) is 11.3. The number of ether oxygens (including phenoxy) is 2. The summed E-state index contributed by atoms with van der Waals surface area (Å²) in [5.74, 6) is 1.42. The third-order valence-electron chi connectivity index (χ3n) is 2.92. The molecule has 0 saturated carbocycles. The summed E-state index contributed by atoms with van der Waals surface area (Å²) >= 11 is 3.25. The summed E-state index contributed by atoms with van der Waals surface area (Å²) in [5, 5.41) is 2.85. The molecule has 0 aliphatic carbocycles. The fourth-order valence-electron chi connectivity index (χ4n) is 2.04. The third-order valence-corrected chi connectivity index (χ3v) is 3.33. The average Bonchev–Trinajstić information content (AvgIpc) is 2.68. The molecule has 0 fully saturated rings. The van der Waals surface area contributed by atoms with E-state index in [0.717, 1.165) is 17.7 Å². The van der Waals surface area contributed by atoms with Crippen molar-refractivity contribution >= 4 is 27.5 Å². The quantitative estimate of drug-likeness (QED) is 0.864. The van der Waals surface area contributed by atoms with Gasteiger partial charge in [-0.05, 0) is 26.8 Å². The molecule has 4 nitrogen and oxygen atoms in total. The minimum atomic E-state index is -0.255. The van der Waals surface area contributed by atoms with E-state index < -0.39 is 0 Å². The highest BCUT2D eigenvalue weighted by Crippen LogP contribution is 2.38. The zero-order valence-corrected chi connectivity index (χ0v) is 12.9. The van der Waals surface area contributed by atoms with E-state index in [4.69, 9.17) is 9.47 Å². The molecular weight excluding hydrogens is 310 g/mol. The van der Waals surface area contributed by atoms with Gasteiger partial charge in [-0.25, -0.2) is 0 Å². The van der Waals surface area contributed by atoms with Gasteiger partial charge in [0.05, 0.1) is 17.1 Å². The minimum absolute atomic E-state index is 0.105. The largest absolute Gasteiger partial charge is 0.492 e. The van der Waals surface area contributed by atoms with Crippen molar-refractivity contribution in [3.8, 4) is 11.5 Å². The van der Waals surface area contributed by atoms with Crippen molar-refractivity contribution < 1.29 is 14.3 Å². The van der Waals surface area contributed by atoms with E-state index in [9.17, 15) is 4.79 Å². The van der Waals surface area contributed by atoms with Gasteiger partial charge in [0.2, 0.25) is 5.91 Å². The molecule has 1 aromatic carbocycles. The number of anilines is 1. The number of alkyl halides is 1. The second kappa shape index (κ2) is 5.82. The standard InChI is InChI=1S/C14H18BrNO3/c1-4-18-13-6-10-5-8(2)19-12(10)7-11(13)16-14(17)9(3)15/h6-9H,4-5H2,1-3H3,(H,16,17). The number of rotatable bonds is 4. The predicted octanol–water partition coefficient (Wildman–Crippen LogP) is 3.13. The molecular formula is C14H18BrNO3. The lowest BCUT2D eigenvalue weighted by atomic mass is 10.1. The molecule has 1 N–H and O–H groups in total. The van der Waals surface area contributed by atoms with Crippen LogP contribution in [0, 0.1) is 0 Å². The molecule has 1 aliphatic rings. The zero-order chi connectivity index (χ0) is 14.0. The molecule has 0 radical (unpaired) electrons. The van der Waals surface area contributed by atoms with Crippen LogP contribution in [0.1, 0.15) is 26.3 Å². The van der Waals surface area contributed by atoms with Crippen molar-refractivity contribution in [3.63, 3.8) is 0 Å². The van der Waals surface area contributed by atoms with Gasteiger partial charge in [0, 0.05) is 18.1 Å². The lowest BCUT2D eigenvalue weighted by molar-refractivity contribution is -0.115. The summed E-state index contributed by atoms with van der Waals surface area (Å²) in [6.45, 7) is 6.29. The van der Waals surface area contributed by atoms with Crippen molar-refractivity contribution in [1.29, 1.82) is 0 Å². The van der Waals surface area contributed by atoms with Gasteiger partial charge >= 0.3 is 0 Å². The molecule has 104 valence electrons.